The highest BCUT2D eigenvalue weighted by atomic mass is 35.5. The van der Waals surface area contributed by atoms with Crippen molar-refractivity contribution >= 4 is 40.4 Å². The van der Waals surface area contributed by atoms with Crippen molar-refractivity contribution < 1.29 is 27.4 Å². The van der Waals surface area contributed by atoms with Crippen LogP contribution >= 0.6 is 23.4 Å². The quantitative estimate of drug-likeness (QED) is 0.340. The molecule has 0 saturated carbocycles. The number of rotatable bonds is 5. The molecule has 0 radical (unpaired) electrons. The molecule has 2 aromatic rings. The number of hydrogen-bond acceptors (Lipinski definition) is 8. The van der Waals surface area contributed by atoms with E-state index in [0.717, 1.165) is 11.8 Å². The molecule has 2 aliphatic heterocycles. The lowest BCUT2D eigenvalue weighted by Crippen LogP contribution is -2.65. The molecule has 14 heteroatoms. The second kappa shape index (κ2) is 9.66. The topological polar surface area (TPSA) is 109 Å². The highest BCUT2D eigenvalue weighted by molar-refractivity contribution is 7.98. The Balaban J connectivity index is 1.71. The minimum absolute atomic E-state index is 0.110. The first-order chi connectivity index (χ1) is 16.4. The first kappa shape index (κ1) is 25.8. The van der Waals surface area contributed by atoms with Crippen LogP contribution in [0.25, 0.3) is 10.9 Å². The Morgan fingerprint density at radius 2 is 2.00 bits per heavy atom. The molecule has 192 valence electrons. The summed E-state index contributed by atoms with van der Waals surface area (Å²) < 4.78 is 54.4. The van der Waals surface area contributed by atoms with Crippen LogP contribution < -0.4 is 15.6 Å². The molecule has 2 bridgehead atoms. The third kappa shape index (κ3) is 5.03. The number of aromatic nitrogens is 3. The zero-order valence-corrected chi connectivity index (χ0v) is 21.0. The van der Waals surface area contributed by atoms with Crippen LogP contribution in [-0.4, -0.2) is 75.0 Å². The van der Waals surface area contributed by atoms with Gasteiger partial charge in [0.1, 0.15) is 16.5 Å². The van der Waals surface area contributed by atoms with Gasteiger partial charge in [0, 0.05) is 12.6 Å². The van der Waals surface area contributed by atoms with Crippen LogP contribution in [0.1, 0.15) is 33.6 Å². The van der Waals surface area contributed by atoms with Crippen LogP contribution in [-0.2, 0) is 4.74 Å². The number of piperazine rings is 1. The van der Waals surface area contributed by atoms with Crippen molar-refractivity contribution in [1.29, 1.82) is 0 Å². The van der Waals surface area contributed by atoms with Crippen molar-refractivity contribution in [3.63, 3.8) is 0 Å². The minimum Gasteiger partial charge on any atom is -0.466 e. The van der Waals surface area contributed by atoms with Gasteiger partial charge in [-0.25, -0.2) is 22.9 Å². The van der Waals surface area contributed by atoms with Gasteiger partial charge < -0.3 is 19.8 Å². The van der Waals surface area contributed by atoms with Gasteiger partial charge in [-0.3, -0.25) is 9.69 Å². The normalized spacial score (nSPS) is 23.1. The summed E-state index contributed by atoms with van der Waals surface area (Å²) in [5.74, 6) is -1.63. The number of amides is 1. The van der Waals surface area contributed by atoms with Gasteiger partial charge in [-0.2, -0.15) is 4.98 Å². The summed E-state index contributed by atoms with van der Waals surface area (Å²) in [6.45, 7) is 5.42. The number of carbonyl (C=O) groups excluding carboxylic acids is 1. The van der Waals surface area contributed by atoms with E-state index in [1.807, 2.05) is 0 Å². The summed E-state index contributed by atoms with van der Waals surface area (Å²) in [4.78, 5) is 37.2. The van der Waals surface area contributed by atoms with Gasteiger partial charge in [0.2, 0.25) is 5.88 Å². The SMILES string of the molecule is CSc1nc2c(F)c(Cl)nc(O[C@@H](C(F)F)[C@H]3NC[C@@H]4CC[C@H]3N4C(=O)OC(C)(C)C)c2c(=O)[nH]1. The standard InChI is InChI=1S/C21H25ClF3N5O4S/c1-21(2,3)34-20(32)30-8-5-6-9(30)12(26-7-8)14(16(24)25)33-18-10-13(11(23)15(22)28-18)27-19(35-4)29-17(10)31/h8-9,12,14,16,26H,5-7H2,1-4H3,(H,27,29,31)/t8-,9+,12-,14+/m0/s1. The zero-order valence-electron chi connectivity index (χ0n) is 19.4. The van der Waals surface area contributed by atoms with Crippen molar-refractivity contribution in [3.8, 4) is 5.88 Å². The molecule has 0 aromatic carbocycles. The fraction of sp³-hybridized carbons (Fsp3) is 0.619. The highest BCUT2D eigenvalue weighted by Crippen LogP contribution is 2.36. The van der Waals surface area contributed by atoms with E-state index in [2.05, 4.69) is 20.3 Å². The maximum absolute atomic E-state index is 14.6. The molecule has 35 heavy (non-hydrogen) atoms. The number of hydrogen-bond donors (Lipinski definition) is 2. The largest absolute Gasteiger partial charge is 0.466 e. The molecule has 0 aliphatic carbocycles. The molecule has 2 saturated heterocycles. The maximum atomic E-state index is 14.6. The predicted octanol–water partition coefficient (Wildman–Crippen LogP) is 3.58. The lowest BCUT2D eigenvalue weighted by molar-refractivity contribution is -0.0470. The molecule has 2 fully saturated rings. The number of nitrogens with zero attached hydrogens (tertiary/aromatic N) is 3. The molecule has 2 aromatic heterocycles. The van der Waals surface area contributed by atoms with E-state index >= 15 is 0 Å². The Bertz CT molecular complexity index is 1190. The smallest absolute Gasteiger partial charge is 0.410 e. The van der Waals surface area contributed by atoms with Gasteiger partial charge in [-0.1, -0.05) is 23.4 Å². The molecular formula is C21H25ClF3N5O4S. The summed E-state index contributed by atoms with van der Waals surface area (Å²) in [6, 6.07) is -1.87. The van der Waals surface area contributed by atoms with E-state index < -0.39 is 69.6 Å². The lowest BCUT2D eigenvalue weighted by atomic mass is 9.99. The summed E-state index contributed by atoms with van der Waals surface area (Å²) in [7, 11) is 0. The van der Waals surface area contributed by atoms with Gasteiger partial charge >= 0.3 is 6.09 Å². The number of halogens is 4. The molecular weight excluding hydrogens is 511 g/mol. The summed E-state index contributed by atoms with van der Waals surface area (Å²) in [5.41, 5.74) is -2.00. The number of ether oxygens (including phenoxy) is 2. The minimum atomic E-state index is -3.04. The molecule has 4 rings (SSSR count). The van der Waals surface area contributed by atoms with Gasteiger partial charge in [0.25, 0.3) is 12.0 Å². The van der Waals surface area contributed by atoms with E-state index in [0.29, 0.717) is 12.8 Å². The lowest BCUT2D eigenvalue weighted by Gasteiger charge is -2.43. The number of nitrogens with one attached hydrogen (secondary N) is 2. The Kier molecular flexibility index (Phi) is 7.13. The number of fused-ring (bicyclic) bond motifs is 3. The second-order valence-electron chi connectivity index (χ2n) is 9.36. The second-order valence-corrected chi connectivity index (χ2v) is 10.5. The molecule has 4 heterocycles. The number of thioether (sulfide) groups is 1. The van der Waals surface area contributed by atoms with Gasteiger partial charge in [0.15, 0.2) is 22.2 Å². The van der Waals surface area contributed by atoms with Crippen molar-refractivity contribution in [2.45, 2.75) is 75.0 Å². The van der Waals surface area contributed by atoms with E-state index in [4.69, 9.17) is 21.1 Å². The van der Waals surface area contributed by atoms with Gasteiger partial charge in [0.05, 0.1) is 12.1 Å². The maximum Gasteiger partial charge on any atom is 0.410 e. The molecule has 2 aliphatic rings. The first-order valence-corrected chi connectivity index (χ1v) is 12.5. The molecule has 1 amide bonds. The molecule has 0 spiro atoms. The number of carbonyl (C=O) groups is 1. The van der Waals surface area contributed by atoms with E-state index in [9.17, 15) is 22.8 Å². The van der Waals surface area contributed by atoms with E-state index in [-0.39, 0.29) is 17.7 Å². The van der Waals surface area contributed by atoms with Crippen LogP contribution in [0.2, 0.25) is 5.15 Å². The summed E-state index contributed by atoms with van der Waals surface area (Å²) in [5, 5.41) is 2.05. The van der Waals surface area contributed by atoms with Crippen LogP contribution in [0.4, 0.5) is 18.0 Å². The highest BCUT2D eigenvalue weighted by Gasteiger charge is 2.51. The third-order valence-corrected chi connectivity index (χ3v) is 6.73. The van der Waals surface area contributed by atoms with Crippen molar-refractivity contribution in [2.75, 3.05) is 12.8 Å². The number of pyridine rings is 1. The number of aromatic amines is 1. The zero-order chi connectivity index (χ0) is 25.7. The van der Waals surface area contributed by atoms with Crippen LogP contribution in [0.3, 0.4) is 0 Å². The average molecular weight is 536 g/mol. The van der Waals surface area contributed by atoms with E-state index in [1.54, 1.807) is 27.0 Å². The first-order valence-electron chi connectivity index (χ1n) is 10.9. The van der Waals surface area contributed by atoms with Crippen LogP contribution in [0, 0.1) is 5.82 Å². The molecule has 2 N–H and O–H groups in total. The number of H-pyrrole nitrogens is 1. The molecule has 4 atom stereocenters. The fourth-order valence-electron chi connectivity index (χ4n) is 4.50. The monoisotopic (exact) mass is 535 g/mol. The Morgan fingerprint density at radius 3 is 2.63 bits per heavy atom. The van der Waals surface area contributed by atoms with Crippen LogP contribution in [0.5, 0.6) is 5.88 Å². The van der Waals surface area contributed by atoms with Gasteiger partial charge in [-0.05, 0) is 39.9 Å². The molecule has 9 nitrogen and oxygen atoms in total. The van der Waals surface area contributed by atoms with Crippen molar-refractivity contribution in [1.82, 2.24) is 25.2 Å². The Morgan fingerprint density at radius 1 is 1.29 bits per heavy atom. The predicted molar refractivity (Wildman–Crippen MR) is 124 cm³/mol. The van der Waals surface area contributed by atoms with Crippen molar-refractivity contribution in [3.05, 3.63) is 21.3 Å². The van der Waals surface area contributed by atoms with Gasteiger partial charge in [-0.15, -0.1) is 0 Å². The summed E-state index contributed by atoms with van der Waals surface area (Å²) >= 11 is 6.94. The fourth-order valence-corrected chi connectivity index (χ4v) is 5.05. The van der Waals surface area contributed by atoms with E-state index in [1.165, 1.54) is 4.90 Å². The molecule has 0 unspecified atom stereocenters. The third-order valence-electron chi connectivity index (χ3n) is 5.90. The Hall–Kier alpha value is -2.25. The average Bonchev–Trinajstić information content (AvgIpc) is 3.08. The van der Waals surface area contributed by atoms with Crippen molar-refractivity contribution in [2.24, 2.45) is 0 Å². The van der Waals surface area contributed by atoms with Crippen LogP contribution in [0.15, 0.2) is 9.95 Å². The number of alkyl halides is 2. The summed E-state index contributed by atoms with van der Waals surface area (Å²) in [6.07, 6.45) is -2.79. The Labute approximate surface area is 208 Å².